The van der Waals surface area contributed by atoms with Crippen molar-refractivity contribution in [3.05, 3.63) is 11.2 Å². The van der Waals surface area contributed by atoms with Gasteiger partial charge in [0.2, 0.25) is 0 Å². The van der Waals surface area contributed by atoms with Crippen LogP contribution in [0.4, 0.5) is 4.79 Å². The van der Waals surface area contributed by atoms with E-state index in [0.29, 0.717) is 11.6 Å². The number of hydrogen-bond donors (Lipinski definition) is 3. The number of ether oxygens (including phenoxy) is 2. The zero-order chi connectivity index (χ0) is 16.8. The Morgan fingerprint density at radius 1 is 1.50 bits per heavy atom. The number of nitrogens with zero attached hydrogens (tertiary/aromatic N) is 1. The Labute approximate surface area is 138 Å². The summed E-state index contributed by atoms with van der Waals surface area (Å²) in [6.45, 7) is 7.64. The quantitative estimate of drug-likeness (QED) is 0.509. The molecule has 1 unspecified atom stereocenters. The summed E-state index contributed by atoms with van der Waals surface area (Å²) in [6.07, 6.45) is 1.12. The average Bonchev–Trinajstić information content (AvgIpc) is 2.85. The molecule has 1 heterocycles. The van der Waals surface area contributed by atoms with Crippen molar-refractivity contribution in [3.63, 3.8) is 0 Å². The summed E-state index contributed by atoms with van der Waals surface area (Å²) in [4.78, 5) is 15.5. The van der Waals surface area contributed by atoms with Crippen molar-refractivity contribution in [1.29, 1.82) is 0 Å². The van der Waals surface area contributed by atoms with Crippen LogP contribution in [0.15, 0.2) is 10.4 Å². The van der Waals surface area contributed by atoms with Crippen LogP contribution < -0.4 is 10.5 Å². The Hall–Kier alpha value is -0.870. The second kappa shape index (κ2) is 8.11. The maximum absolute atomic E-state index is 11.4. The number of rotatable bonds is 7. The smallest absolute Gasteiger partial charge is 0.407 e. The van der Waals surface area contributed by atoms with E-state index < -0.39 is 17.3 Å². The van der Waals surface area contributed by atoms with Gasteiger partial charge in [0.1, 0.15) is 16.2 Å². The number of aliphatic hydroxyl groups is 1. The van der Waals surface area contributed by atoms with Gasteiger partial charge in [-0.05, 0) is 39.6 Å². The Morgan fingerprint density at radius 2 is 2.18 bits per heavy atom. The van der Waals surface area contributed by atoms with Crippen molar-refractivity contribution >= 4 is 29.4 Å². The molecule has 0 fully saturated rings. The lowest BCUT2D eigenvalue weighted by Crippen LogP contribution is -2.35. The van der Waals surface area contributed by atoms with Crippen LogP contribution in [-0.4, -0.2) is 41.5 Å². The van der Waals surface area contributed by atoms with E-state index in [1.165, 1.54) is 11.3 Å². The summed E-state index contributed by atoms with van der Waals surface area (Å²) in [5.74, 6) is 0. The SMILES string of the molecule is CC(C)(C)OC(=O)NCCOCC(C)(O)c1ncc(SN)s1. The van der Waals surface area contributed by atoms with Gasteiger partial charge in [-0.2, -0.15) is 0 Å². The number of carbonyl (C=O) groups excluding carboxylic acids is 1. The van der Waals surface area contributed by atoms with E-state index in [1.54, 1.807) is 33.9 Å². The van der Waals surface area contributed by atoms with E-state index in [2.05, 4.69) is 10.3 Å². The number of alkyl carbamates (subject to hydrolysis) is 1. The van der Waals surface area contributed by atoms with E-state index in [-0.39, 0.29) is 13.2 Å². The first-order chi connectivity index (χ1) is 10.1. The second-order valence-electron chi connectivity index (χ2n) is 5.86. The molecule has 0 aliphatic rings. The van der Waals surface area contributed by atoms with Crippen LogP contribution in [0, 0.1) is 0 Å². The molecule has 1 aromatic rings. The van der Waals surface area contributed by atoms with Gasteiger partial charge in [0.25, 0.3) is 0 Å². The largest absolute Gasteiger partial charge is 0.444 e. The fourth-order valence-corrected chi connectivity index (χ4v) is 2.66. The zero-order valence-corrected chi connectivity index (χ0v) is 14.8. The molecule has 0 spiro atoms. The minimum atomic E-state index is -1.19. The molecule has 0 saturated carbocycles. The molecule has 0 aliphatic carbocycles. The number of thiazole rings is 1. The van der Waals surface area contributed by atoms with E-state index in [4.69, 9.17) is 14.6 Å². The topological polar surface area (TPSA) is 107 Å². The van der Waals surface area contributed by atoms with Crippen LogP contribution in [0.25, 0.3) is 0 Å². The maximum Gasteiger partial charge on any atom is 0.407 e. The zero-order valence-electron chi connectivity index (χ0n) is 13.2. The van der Waals surface area contributed by atoms with Crippen LogP contribution >= 0.6 is 23.3 Å². The number of nitrogens with two attached hydrogens (primary N) is 1. The van der Waals surface area contributed by atoms with Gasteiger partial charge in [-0.15, -0.1) is 11.3 Å². The van der Waals surface area contributed by atoms with Crippen LogP contribution in [0.5, 0.6) is 0 Å². The molecule has 0 bridgehead atoms. The van der Waals surface area contributed by atoms with Crippen LogP contribution in [0.3, 0.4) is 0 Å². The number of nitrogens with one attached hydrogen (secondary N) is 1. The predicted molar refractivity (Wildman–Crippen MR) is 86.8 cm³/mol. The summed E-state index contributed by atoms with van der Waals surface area (Å²) >= 11 is 2.41. The number of hydrogen-bond acceptors (Lipinski definition) is 8. The Balaban J connectivity index is 2.27. The standard InChI is InChI=1S/C13H23N3O4S2/c1-12(2,3)20-11(17)15-5-6-19-8-13(4,18)10-16-7-9(21-10)22-14/h7,18H,5-6,8,14H2,1-4H3,(H,15,17). The molecule has 0 aliphatic heterocycles. The molecular weight excluding hydrogens is 326 g/mol. The van der Waals surface area contributed by atoms with Crippen molar-refractivity contribution < 1.29 is 19.4 Å². The number of aromatic nitrogens is 1. The summed E-state index contributed by atoms with van der Waals surface area (Å²) < 4.78 is 11.3. The summed E-state index contributed by atoms with van der Waals surface area (Å²) in [5.41, 5.74) is -1.72. The highest BCUT2D eigenvalue weighted by Gasteiger charge is 2.27. The van der Waals surface area contributed by atoms with Gasteiger partial charge in [0.05, 0.1) is 23.6 Å². The molecule has 0 saturated heterocycles. The van der Waals surface area contributed by atoms with Crippen LogP contribution in [0.2, 0.25) is 0 Å². The molecule has 1 aromatic heterocycles. The lowest BCUT2D eigenvalue weighted by atomic mass is 10.1. The highest BCUT2D eigenvalue weighted by atomic mass is 32.2. The van der Waals surface area contributed by atoms with Gasteiger partial charge in [0.15, 0.2) is 0 Å². The molecule has 22 heavy (non-hydrogen) atoms. The molecule has 7 nitrogen and oxygen atoms in total. The van der Waals surface area contributed by atoms with E-state index in [1.807, 2.05) is 0 Å². The summed E-state index contributed by atoms with van der Waals surface area (Å²) in [5, 5.41) is 18.9. The van der Waals surface area contributed by atoms with Gasteiger partial charge in [-0.3, -0.25) is 5.14 Å². The van der Waals surface area contributed by atoms with Crippen molar-refractivity contribution in [2.75, 3.05) is 19.8 Å². The molecular formula is C13H23N3O4S2. The molecule has 126 valence electrons. The maximum atomic E-state index is 11.4. The fourth-order valence-electron chi connectivity index (χ4n) is 1.43. The molecule has 1 amide bonds. The van der Waals surface area contributed by atoms with Crippen LogP contribution in [-0.2, 0) is 15.1 Å². The molecule has 1 rings (SSSR count). The molecule has 0 radical (unpaired) electrons. The third-order valence-corrected chi connectivity index (χ3v) is 4.28. The minimum absolute atomic E-state index is 0.0746. The van der Waals surface area contributed by atoms with Gasteiger partial charge < -0.3 is 19.9 Å². The van der Waals surface area contributed by atoms with E-state index in [0.717, 1.165) is 16.2 Å². The first kappa shape index (κ1) is 19.2. The number of carbonyl (C=O) groups is 1. The van der Waals surface area contributed by atoms with Crippen molar-refractivity contribution in [1.82, 2.24) is 10.3 Å². The second-order valence-corrected chi connectivity index (χ2v) is 7.82. The molecule has 9 heteroatoms. The highest BCUT2D eigenvalue weighted by Crippen LogP contribution is 2.29. The predicted octanol–water partition coefficient (Wildman–Crippen LogP) is 1.86. The molecule has 4 N–H and O–H groups in total. The van der Waals surface area contributed by atoms with Crippen molar-refractivity contribution in [2.24, 2.45) is 5.14 Å². The third-order valence-electron chi connectivity index (χ3n) is 2.36. The van der Waals surface area contributed by atoms with Gasteiger partial charge in [-0.25, -0.2) is 9.78 Å². The summed E-state index contributed by atoms with van der Waals surface area (Å²) in [7, 11) is 0. The van der Waals surface area contributed by atoms with E-state index >= 15 is 0 Å². The molecule has 0 aromatic carbocycles. The monoisotopic (exact) mass is 349 g/mol. The van der Waals surface area contributed by atoms with Crippen molar-refractivity contribution in [2.45, 2.75) is 43.1 Å². The lowest BCUT2D eigenvalue weighted by Gasteiger charge is -2.21. The van der Waals surface area contributed by atoms with E-state index in [9.17, 15) is 9.90 Å². The minimum Gasteiger partial charge on any atom is -0.444 e. The fraction of sp³-hybridized carbons (Fsp3) is 0.692. The van der Waals surface area contributed by atoms with Crippen molar-refractivity contribution in [3.8, 4) is 0 Å². The van der Waals surface area contributed by atoms with Gasteiger partial charge in [0, 0.05) is 6.54 Å². The Bertz CT molecular complexity index is 486. The first-order valence-electron chi connectivity index (χ1n) is 6.74. The normalized spacial score (nSPS) is 14.5. The summed E-state index contributed by atoms with van der Waals surface area (Å²) in [6, 6.07) is 0. The average molecular weight is 349 g/mol. The molecule has 1 atom stereocenters. The third kappa shape index (κ3) is 6.93. The Kier molecular flexibility index (Phi) is 7.07. The lowest BCUT2D eigenvalue weighted by molar-refractivity contribution is -0.0371. The Morgan fingerprint density at radius 3 is 2.73 bits per heavy atom. The van der Waals surface area contributed by atoms with Crippen LogP contribution in [0.1, 0.15) is 32.7 Å². The first-order valence-corrected chi connectivity index (χ1v) is 8.44. The van der Waals surface area contributed by atoms with Gasteiger partial charge in [-0.1, -0.05) is 0 Å². The van der Waals surface area contributed by atoms with Gasteiger partial charge >= 0.3 is 6.09 Å². The highest BCUT2D eigenvalue weighted by molar-refractivity contribution is 7.99. The number of amides is 1.